The molecule has 8 nitrogen and oxygen atoms in total. The quantitative estimate of drug-likeness (QED) is 0.428. The van der Waals surface area contributed by atoms with E-state index in [0.29, 0.717) is 24.6 Å². The third-order valence-electron chi connectivity index (χ3n) is 2.86. The predicted octanol–water partition coefficient (Wildman–Crippen LogP) is 1.51. The second-order valence-corrected chi connectivity index (χ2v) is 4.15. The third-order valence-corrected chi connectivity index (χ3v) is 2.86. The summed E-state index contributed by atoms with van der Waals surface area (Å²) in [5.41, 5.74) is 0.284. The van der Waals surface area contributed by atoms with E-state index in [-0.39, 0.29) is 18.8 Å². The van der Waals surface area contributed by atoms with Crippen LogP contribution in [-0.4, -0.2) is 40.4 Å². The van der Waals surface area contributed by atoms with E-state index >= 15 is 0 Å². The smallest absolute Gasteiger partial charge is 0.333 e. The van der Waals surface area contributed by atoms with Gasteiger partial charge in [-0.2, -0.15) is 5.10 Å². The van der Waals surface area contributed by atoms with Crippen molar-refractivity contribution in [1.82, 2.24) is 9.78 Å². The van der Waals surface area contributed by atoms with Crippen LogP contribution in [0.3, 0.4) is 0 Å². The number of carbonyl (C=O) groups is 1. The molecule has 20 heavy (non-hydrogen) atoms. The maximum Gasteiger partial charge on any atom is 0.333 e. The van der Waals surface area contributed by atoms with E-state index in [2.05, 4.69) is 5.10 Å². The number of hydrogen-bond donors (Lipinski definition) is 0. The molecule has 0 saturated heterocycles. The van der Waals surface area contributed by atoms with Gasteiger partial charge in [0.2, 0.25) is 5.82 Å². The number of nitro groups is 1. The summed E-state index contributed by atoms with van der Waals surface area (Å²) >= 11 is 0. The Labute approximate surface area is 117 Å². The van der Waals surface area contributed by atoms with Crippen molar-refractivity contribution in [2.75, 3.05) is 24.6 Å². The first-order valence-electron chi connectivity index (χ1n) is 6.58. The summed E-state index contributed by atoms with van der Waals surface area (Å²) in [6.45, 7) is 8.17. The SMILES string of the molecule is CCOC(=O)CN(CC)c1c([N+](=O)[O-])c(C)nn1CC. The number of rotatable bonds is 7. The Morgan fingerprint density at radius 3 is 2.55 bits per heavy atom. The first kappa shape index (κ1) is 15.9. The van der Waals surface area contributed by atoms with Gasteiger partial charge in [0.25, 0.3) is 0 Å². The fraction of sp³-hybridized carbons (Fsp3) is 0.667. The van der Waals surface area contributed by atoms with Crippen molar-refractivity contribution in [2.45, 2.75) is 34.2 Å². The van der Waals surface area contributed by atoms with Gasteiger partial charge in [0.1, 0.15) is 12.2 Å². The summed E-state index contributed by atoms with van der Waals surface area (Å²) in [6, 6.07) is 0. The summed E-state index contributed by atoms with van der Waals surface area (Å²) in [6.07, 6.45) is 0. The average Bonchev–Trinajstić information content (AvgIpc) is 2.73. The van der Waals surface area contributed by atoms with Gasteiger partial charge in [-0.1, -0.05) is 0 Å². The van der Waals surface area contributed by atoms with Gasteiger partial charge in [-0.05, 0) is 27.7 Å². The average molecular weight is 284 g/mol. The highest BCUT2D eigenvalue weighted by Crippen LogP contribution is 2.31. The zero-order chi connectivity index (χ0) is 15.3. The van der Waals surface area contributed by atoms with Gasteiger partial charge in [0, 0.05) is 13.1 Å². The molecule has 0 aliphatic heterocycles. The van der Waals surface area contributed by atoms with Crippen LogP contribution in [0.25, 0.3) is 0 Å². The van der Waals surface area contributed by atoms with Gasteiger partial charge in [0.05, 0.1) is 11.5 Å². The molecule has 1 heterocycles. The van der Waals surface area contributed by atoms with Crippen molar-refractivity contribution in [2.24, 2.45) is 0 Å². The summed E-state index contributed by atoms with van der Waals surface area (Å²) in [7, 11) is 0. The van der Waals surface area contributed by atoms with Crippen LogP contribution in [0.4, 0.5) is 11.5 Å². The van der Waals surface area contributed by atoms with Crippen molar-refractivity contribution in [1.29, 1.82) is 0 Å². The molecule has 112 valence electrons. The lowest BCUT2D eigenvalue weighted by Crippen LogP contribution is -2.33. The molecule has 0 saturated carbocycles. The van der Waals surface area contributed by atoms with Crippen molar-refractivity contribution < 1.29 is 14.5 Å². The van der Waals surface area contributed by atoms with E-state index in [1.54, 1.807) is 18.7 Å². The van der Waals surface area contributed by atoms with Gasteiger partial charge in [-0.15, -0.1) is 0 Å². The Bertz CT molecular complexity index is 498. The molecule has 0 fully saturated rings. The summed E-state index contributed by atoms with van der Waals surface area (Å²) < 4.78 is 6.43. The van der Waals surface area contributed by atoms with Crippen LogP contribution in [0.5, 0.6) is 0 Å². The molecule has 0 amide bonds. The van der Waals surface area contributed by atoms with E-state index in [1.807, 2.05) is 13.8 Å². The van der Waals surface area contributed by atoms with Crippen molar-refractivity contribution in [3.63, 3.8) is 0 Å². The number of hydrogen-bond acceptors (Lipinski definition) is 6. The minimum Gasteiger partial charge on any atom is -0.465 e. The van der Waals surface area contributed by atoms with Crippen LogP contribution in [-0.2, 0) is 16.1 Å². The van der Waals surface area contributed by atoms with Gasteiger partial charge >= 0.3 is 11.7 Å². The minimum absolute atomic E-state index is 0.0314. The second-order valence-electron chi connectivity index (χ2n) is 4.15. The molecule has 0 spiro atoms. The summed E-state index contributed by atoms with van der Waals surface area (Å²) in [5, 5.41) is 15.4. The van der Waals surface area contributed by atoms with Crippen molar-refractivity contribution in [3.8, 4) is 0 Å². The molecule has 0 aromatic carbocycles. The highest BCUT2D eigenvalue weighted by Gasteiger charge is 2.29. The number of ether oxygens (including phenoxy) is 1. The maximum atomic E-state index is 11.6. The molecule has 1 aromatic rings. The van der Waals surface area contributed by atoms with E-state index in [1.165, 1.54) is 4.68 Å². The largest absolute Gasteiger partial charge is 0.465 e. The number of aryl methyl sites for hydroxylation is 2. The van der Waals surface area contributed by atoms with E-state index in [4.69, 9.17) is 4.74 Å². The Balaban J connectivity index is 3.19. The number of nitrogens with zero attached hydrogens (tertiary/aromatic N) is 4. The second kappa shape index (κ2) is 6.88. The normalized spacial score (nSPS) is 10.4. The first-order chi connectivity index (χ1) is 9.46. The van der Waals surface area contributed by atoms with Crippen LogP contribution < -0.4 is 4.90 Å². The molecular formula is C12H20N4O4. The van der Waals surface area contributed by atoms with E-state index in [0.717, 1.165) is 0 Å². The van der Waals surface area contributed by atoms with Crippen LogP contribution in [0.2, 0.25) is 0 Å². The molecule has 8 heteroatoms. The van der Waals surface area contributed by atoms with Crippen LogP contribution in [0.1, 0.15) is 26.5 Å². The van der Waals surface area contributed by atoms with E-state index < -0.39 is 10.9 Å². The molecule has 0 unspecified atom stereocenters. The zero-order valence-corrected chi connectivity index (χ0v) is 12.3. The molecule has 0 radical (unpaired) electrons. The Hall–Kier alpha value is -2.12. The number of esters is 1. The van der Waals surface area contributed by atoms with Crippen LogP contribution in [0, 0.1) is 17.0 Å². The highest BCUT2D eigenvalue weighted by atomic mass is 16.6. The minimum atomic E-state index is -0.461. The molecule has 0 aliphatic rings. The van der Waals surface area contributed by atoms with Crippen LogP contribution >= 0.6 is 0 Å². The highest BCUT2D eigenvalue weighted by molar-refractivity contribution is 5.77. The van der Waals surface area contributed by atoms with Gasteiger partial charge < -0.3 is 9.64 Å². The molecule has 1 aromatic heterocycles. The Kier molecular flexibility index (Phi) is 5.48. The lowest BCUT2D eigenvalue weighted by atomic mass is 10.3. The zero-order valence-electron chi connectivity index (χ0n) is 12.3. The summed E-state index contributed by atoms with van der Waals surface area (Å²) in [5.74, 6) is -0.0595. The molecule has 0 bridgehead atoms. The number of likely N-dealkylation sites (N-methyl/N-ethyl adjacent to an activating group) is 1. The topological polar surface area (TPSA) is 90.5 Å². The number of anilines is 1. The molecule has 0 N–H and O–H groups in total. The van der Waals surface area contributed by atoms with Crippen molar-refractivity contribution in [3.05, 3.63) is 15.8 Å². The fourth-order valence-corrected chi connectivity index (χ4v) is 2.01. The van der Waals surface area contributed by atoms with Gasteiger partial charge in [-0.3, -0.25) is 14.9 Å². The molecule has 0 aliphatic carbocycles. The molecule has 1 rings (SSSR count). The van der Waals surface area contributed by atoms with Crippen molar-refractivity contribution >= 4 is 17.5 Å². The third kappa shape index (κ3) is 3.25. The number of carbonyl (C=O) groups excluding carboxylic acids is 1. The maximum absolute atomic E-state index is 11.6. The lowest BCUT2D eigenvalue weighted by Gasteiger charge is -2.21. The first-order valence-corrected chi connectivity index (χ1v) is 6.58. The summed E-state index contributed by atoms with van der Waals surface area (Å²) in [4.78, 5) is 24.0. The predicted molar refractivity (Wildman–Crippen MR) is 73.8 cm³/mol. The standard InChI is InChI=1S/C12H20N4O4/c1-5-14(8-10(17)20-7-3)12-11(16(18)19)9(4)13-15(12)6-2/h5-8H2,1-4H3. The number of aromatic nitrogens is 2. The van der Waals surface area contributed by atoms with Crippen LogP contribution in [0.15, 0.2) is 0 Å². The van der Waals surface area contributed by atoms with Gasteiger partial charge in [-0.25, -0.2) is 4.68 Å². The Morgan fingerprint density at radius 1 is 1.45 bits per heavy atom. The lowest BCUT2D eigenvalue weighted by molar-refractivity contribution is -0.384. The van der Waals surface area contributed by atoms with Gasteiger partial charge in [0.15, 0.2) is 0 Å². The molecular weight excluding hydrogens is 264 g/mol. The van der Waals surface area contributed by atoms with E-state index in [9.17, 15) is 14.9 Å². The Morgan fingerprint density at radius 2 is 2.10 bits per heavy atom. The fourth-order valence-electron chi connectivity index (χ4n) is 2.01. The molecule has 0 atom stereocenters. The monoisotopic (exact) mass is 284 g/mol.